The summed E-state index contributed by atoms with van der Waals surface area (Å²) in [5.74, 6) is -0.0661. The second-order valence-electron chi connectivity index (χ2n) is 4.40. The number of carbonyl (C=O) groups is 1. The molecule has 0 saturated carbocycles. The first-order valence-electron chi connectivity index (χ1n) is 5.34. The average Bonchev–Trinajstić information content (AvgIpc) is 2.13. The molecule has 0 aromatic rings. The third-order valence-electron chi connectivity index (χ3n) is 1.65. The van der Waals surface area contributed by atoms with Crippen molar-refractivity contribution < 1.29 is 39.5 Å². The fourth-order valence-electron chi connectivity index (χ4n) is 1.09. The van der Waals surface area contributed by atoms with E-state index in [1.165, 1.54) is 12.8 Å². The summed E-state index contributed by atoms with van der Waals surface area (Å²) in [5, 5.41) is 14.0. The normalized spacial score (nSPS) is 9.62. The monoisotopic (exact) mass is 282 g/mol. The van der Waals surface area contributed by atoms with E-state index in [-0.39, 0.29) is 31.0 Å². The van der Waals surface area contributed by atoms with E-state index in [1.54, 1.807) is 0 Å². The van der Waals surface area contributed by atoms with Crippen molar-refractivity contribution in [2.24, 2.45) is 0 Å². The van der Waals surface area contributed by atoms with Gasteiger partial charge in [-0.3, -0.25) is 4.79 Å². The molecule has 0 aromatic heterocycles. The van der Waals surface area contributed by atoms with Gasteiger partial charge in [0, 0.05) is 6.42 Å². The van der Waals surface area contributed by atoms with Crippen molar-refractivity contribution in [3.63, 3.8) is 0 Å². The number of esters is 1. The van der Waals surface area contributed by atoms with Gasteiger partial charge in [0.1, 0.15) is 5.60 Å². The minimum Gasteiger partial charge on any atom is -1.00 e. The minimum atomic E-state index is -0.332. The molecule has 0 rings (SSSR count). The summed E-state index contributed by atoms with van der Waals surface area (Å²) in [6.45, 7) is 7.86. The summed E-state index contributed by atoms with van der Waals surface area (Å²) in [5.41, 5.74) is -0.332. The Kier molecular flexibility index (Phi) is 17.4. The van der Waals surface area contributed by atoms with Gasteiger partial charge in [0.2, 0.25) is 0 Å². The van der Waals surface area contributed by atoms with Gasteiger partial charge in [0.05, 0.1) is 0 Å². The summed E-state index contributed by atoms with van der Waals surface area (Å²) >= 11 is 0. The van der Waals surface area contributed by atoms with Crippen LogP contribution in [0.2, 0.25) is 0 Å². The van der Waals surface area contributed by atoms with Crippen LogP contribution >= 0.6 is 0 Å². The first-order valence-corrected chi connectivity index (χ1v) is 5.34. The van der Waals surface area contributed by atoms with Crippen molar-refractivity contribution in [1.29, 1.82) is 0 Å². The molecule has 0 saturated heterocycles. The van der Waals surface area contributed by atoms with Crippen LogP contribution in [0.1, 0.15) is 59.8 Å². The molecular formula is C11H22O4Zn. The zero-order valence-corrected chi connectivity index (χ0v) is 13.8. The van der Waals surface area contributed by atoms with Crippen molar-refractivity contribution in [3.05, 3.63) is 0 Å². The summed E-state index contributed by atoms with van der Waals surface area (Å²) in [7, 11) is 0. The Morgan fingerprint density at radius 1 is 1.12 bits per heavy atom. The van der Waals surface area contributed by atoms with E-state index in [1.807, 2.05) is 20.8 Å². The molecule has 0 atom stereocenters. The van der Waals surface area contributed by atoms with Gasteiger partial charge in [-0.05, 0) is 27.2 Å². The topological polar surface area (TPSA) is 72.4 Å². The second kappa shape index (κ2) is 13.1. The largest absolute Gasteiger partial charge is 2.00 e. The molecule has 0 aliphatic carbocycles. The molecule has 4 nitrogen and oxygen atoms in total. The molecule has 0 unspecified atom stereocenters. The number of carbonyl (C=O) groups excluding carboxylic acids is 1. The summed E-state index contributed by atoms with van der Waals surface area (Å²) in [6, 6.07) is 0. The van der Waals surface area contributed by atoms with Crippen molar-refractivity contribution in [3.8, 4) is 0 Å². The van der Waals surface area contributed by atoms with Crippen LogP contribution in [-0.2, 0) is 29.0 Å². The number of rotatable bonds is 5. The number of unbranched alkanes of at least 4 members (excludes halogenated alkanes) is 3. The van der Waals surface area contributed by atoms with E-state index in [2.05, 4.69) is 6.92 Å². The Labute approximate surface area is 111 Å². The van der Waals surface area contributed by atoms with Crippen LogP contribution in [0, 0.1) is 0 Å². The Hall–Kier alpha value is 0.0134. The zero-order valence-electron chi connectivity index (χ0n) is 10.9. The predicted octanol–water partition coefficient (Wildman–Crippen LogP) is 0.918. The van der Waals surface area contributed by atoms with Gasteiger partial charge >= 0.3 is 25.4 Å². The molecule has 0 aliphatic heterocycles. The van der Waals surface area contributed by atoms with Crippen LogP contribution in [0.5, 0.6) is 0 Å². The standard InChI is InChI=1S/C11H22O2.O2.Zn/c1-5-6-7-8-9-10(12)13-11(2,3)4;1-2;/h5-9H2,1-4H3;;/q;-2;+2. The van der Waals surface area contributed by atoms with Crippen molar-refractivity contribution >= 4 is 5.97 Å². The van der Waals surface area contributed by atoms with E-state index >= 15 is 0 Å². The maximum atomic E-state index is 11.2. The van der Waals surface area contributed by atoms with Crippen molar-refractivity contribution in [2.45, 2.75) is 65.4 Å². The first-order chi connectivity index (χ1) is 6.95. The molecule has 0 amide bonds. The maximum Gasteiger partial charge on any atom is 2.00 e. The Morgan fingerprint density at radius 3 is 2.00 bits per heavy atom. The molecule has 0 aromatic carbocycles. The van der Waals surface area contributed by atoms with Gasteiger partial charge in [-0.25, -0.2) is 0 Å². The van der Waals surface area contributed by atoms with Gasteiger partial charge in [0.15, 0.2) is 0 Å². The van der Waals surface area contributed by atoms with Crippen LogP contribution in [0.25, 0.3) is 0 Å². The van der Waals surface area contributed by atoms with Gasteiger partial charge in [-0.1, -0.05) is 26.2 Å². The first kappa shape index (κ1) is 21.3. The third kappa shape index (κ3) is 19.6. The summed E-state index contributed by atoms with van der Waals surface area (Å²) in [4.78, 5) is 11.2. The maximum absolute atomic E-state index is 11.2. The summed E-state index contributed by atoms with van der Waals surface area (Å²) in [6.07, 6.45) is 5.08. The van der Waals surface area contributed by atoms with E-state index in [4.69, 9.17) is 15.3 Å². The molecule has 0 radical (unpaired) electrons. The average molecular weight is 284 g/mol. The Balaban J connectivity index is -0.000000529. The summed E-state index contributed by atoms with van der Waals surface area (Å²) < 4.78 is 5.18. The van der Waals surface area contributed by atoms with Gasteiger partial charge in [0.25, 0.3) is 0 Å². The molecular weight excluding hydrogens is 262 g/mol. The fourth-order valence-corrected chi connectivity index (χ4v) is 1.09. The van der Waals surface area contributed by atoms with E-state index in [0.717, 1.165) is 12.8 Å². The van der Waals surface area contributed by atoms with E-state index in [0.29, 0.717) is 6.42 Å². The van der Waals surface area contributed by atoms with Gasteiger partial charge < -0.3 is 15.3 Å². The third-order valence-corrected chi connectivity index (χ3v) is 1.65. The number of ether oxygens (including phenoxy) is 1. The van der Waals surface area contributed by atoms with Crippen LogP contribution < -0.4 is 10.5 Å². The zero-order chi connectivity index (χ0) is 12.3. The second-order valence-corrected chi connectivity index (χ2v) is 4.40. The predicted molar refractivity (Wildman–Crippen MR) is 54.6 cm³/mol. The molecule has 0 N–H and O–H groups in total. The van der Waals surface area contributed by atoms with Crippen LogP contribution in [0.4, 0.5) is 0 Å². The fraction of sp³-hybridized carbons (Fsp3) is 0.909. The molecule has 0 bridgehead atoms. The molecule has 0 spiro atoms. The molecule has 0 fully saturated rings. The van der Waals surface area contributed by atoms with Crippen molar-refractivity contribution in [2.75, 3.05) is 0 Å². The quantitative estimate of drug-likeness (QED) is 0.247. The van der Waals surface area contributed by atoms with Crippen LogP contribution in [0.3, 0.4) is 0 Å². The Bertz CT molecular complexity index is 155. The molecule has 5 heteroatoms. The van der Waals surface area contributed by atoms with Crippen molar-refractivity contribution in [1.82, 2.24) is 0 Å². The van der Waals surface area contributed by atoms with Gasteiger partial charge in [-0.15, -0.1) is 0 Å². The SMILES string of the molecule is CCCCCCC(=O)OC(C)(C)C.[O-][O-].[Zn+2]. The molecule has 0 aliphatic rings. The molecule has 0 heterocycles. The molecule has 92 valence electrons. The van der Waals surface area contributed by atoms with Crippen LogP contribution in [-0.4, -0.2) is 11.6 Å². The van der Waals surface area contributed by atoms with Gasteiger partial charge in [-0.2, -0.15) is 0 Å². The number of hydrogen-bond acceptors (Lipinski definition) is 4. The van der Waals surface area contributed by atoms with Crippen LogP contribution in [0.15, 0.2) is 0 Å². The smallest absolute Gasteiger partial charge is 1.00 e. The molecule has 16 heavy (non-hydrogen) atoms. The number of hydrogen-bond donors (Lipinski definition) is 0. The van der Waals surface area contributed by atoms with E-state index < -0.39 is 0 Å². The van der Waals surface area contributed by atoms with E-state index in [9.17, 15) is 4.79 Å². The minimum absolute atomic E-state index is 0. The Morgan fingerprint density at radius 2 is 1.62 bits per heavy atom.